The van der Waals surface area contributed by atoms with Crippen LogP contribution >= 0.6 is 0 Å². The molecule has 1 aliphatic heterocycles. The van der Waals surface area contributed by atoms with Crippen LogP contribution in [0.25, 0.3) is 0 Å². The fourth-order valence-corrected chi connectivity index (χ4v) is 2.42. The summed E-state index contributed by atoms with van der Waals surface area (Å²) < 4.78 is 0. The number of hydrogen-bond acceptors (Lipinski definition) is 1. The maximum absolute atomic E-state index is 3.66. The number of rotatable bonds is 0. The van der Waals surface area contributed by atoms with Gasteiger partial charge in [-0.25, -0.2) is 0 Å². The molecule has 1 N–H and O–H groups in total. The highest BCUT2D eigenvalue weighted by Crippen LogP contribution is 2.50. The Kier molecular flexibility index (Phi) is 2.11. The average Bonchev–Trinajstić information content (AvgIpc) is 2.15. The minimum absolute atomic E-state index is 0.140. The summed E-state index contributed by atoms with van der Waals surface area (Å²) in [7, 11) is 0. The van der Waals surface area contributed by atoms with E-state index in [2.05, 4.69) is 64.2 Å². The molecule has 0 saturated heterocycles. The highest BCUT2D eigenvalue weighted by molar-refractivity contribution is 5.58. The molecule has 0 amide bonds. The van der Waals surface area contributed by atoms with Crippen molar-refractivity contribution in [3.05, 3.63) is 29.8 Å². The molecule has 0 spiro atoms. The van der Waals surface area contributed by atoms with Crippen LogP contribution < -0.4 is 5.32 Å². The molecule has 1 heterocycles. The van der Waals surface area contributed by atoms with E-state index in [-0.39, 0.29) is 11.0 Å². The van der Waals surface area contributed by atoms with Crippen LogP contribution in [0.2, 0.25) is 0 Å². The fourth-order valence-electron chi connectivity index (χ4n) is 2.42. The molecule has 0 aromatic heterocycles. The van der Waals surface area contributed by atoms with Gasteiger partial charge in [0.25, 0.3) is 0 Å². The average molecular weight is 203 g/mol. The number of hydrogen-bond donors (Lipinski definition) is 1. The summed E-state index contributed by atoms with van der Waals surface area (Å²) in [6, 6.07) is 8.66. The molecule has 1 atom stereocenters. The van der Waals surface area contributed by atoms with Gasteiger partial charge >= 0.3 is 0 Å². The van der Waals surface area contributed by atoms with Crippen LogP contribution in [0, 0.1) is 5.41 Å². The molecule has 15 heavy (non-hydrogen) atoms. The fraction of sp³-hybridized carbons (Fsp3) is 0.571. The first-order valence-corrected chi connectivity index (χ1v) is 5.73. The van der Waals surface area contributed by atoms with Crippen LogP contribution in [0.5, 0.6) is 0 Å². The third-order valence-electron chi connectivity index (χ3n) is 4.57. The topological polar surface area (TPSA) is 12.0 Å². The molecule has 1 aliphatic rings. The maximum Gasteiger partial charge on any atom is 0.0379 e. The van der Waals surface area contributed by atoms with E-state index in [1.54, 1.807) is 0 Å². The van der Waals surface area contributed by atoms with Crippen LogP contribution in [0.3, 0.4) is 0 Å². The zero-order chi connectivity index (χ0) is 11.3. The van der Waals surface area contributed by atoms with E-state index in [0.717, 1.165) is 0 Å². The smallest absolute Gasteiger partial charge is 0.0379 e. The number of para-hydroxylation sites is 1. The molecular formula is C14H21N. The molecule has 0 aliphatic carbocycles. The standard InChI is InChI=1S/C14H21N/c1-10-11-8-6-7-9-12(11)15-14(4,5)13(10,2)3/h6-10,15H,1-5H3. The van der Waals surface area contributed by atoms with Gasteiger partial charge in [0.1, 0.15) is 0 Å². The van der Waals surface area contributed by atoms with E-state index in [1.165, 1.54) is 11.3 Å². The third kappa shape index (κ3) is 1.37. The molecule has 1 heteroatoms. The van der Waals surface area contributed by atoms with Gasteiger partial charge in [-0.15, -0.1) is 0 Å². The van der Waals surface area contributed by atoms with Crippen LogP contribution in [0.4, 0.5) is 5.69 Å². The second-order valence-corrected chi connectivity index (χ2v) is 5.78. The second-order valence-electron chi connectivity index (χ2n) is 5.78. The Hall–Kier alpha value is -0.980. The summed E-state index contributed by atoms with van der Waals surface area (Å²) in [6.07, 6.45) is 0. The molecule has 1 aromatic rings. The largest absolute Gasteiger partial charge is 0.379 e. The summed E-state index contributed by atoms with van der Waals surface area (Å²) in [4.78, 5) is 0. The molecule has 1 unspecified atom stereocenters. The molecule has 2 rings (SSSR count). The van der Waals surface area contributed by atoms with Crippen molar-refractivity contribution in [1.82, 2.24) is 0 Å². The van der Waals surface area contributed by atoms with Crippen molar-refractivity contribution in [3.8, 4) is 0 Å². The summed E-state index contributed by atoms with van der Waals surface area (Å²) in [5.74, 6) is 0.588. The zero-order valence-corrected chi connectivity index (χ0v) is 10.4. The van der Waals surface area contributed by atoms with Gasteiger partial charge in [0, 0.05) is 11.2 Å². The first kappa shape index (κ1) is 10.5. The number of benzene rings is 1. The van der Waals surface area contributed by atoms with Crippen LogP contribution in [-0.4, -0.2) is 5.54 Å². The Bertz CT molecular complexity index is 377. The van der Waals surface area contributed by atoms with Crippen molar-refractivity contribution in [2.75, 3.05) is 5.32 Å². The van der Waals surface area contributed by atoms with E-state index in [4.69, 9.17) is 0 Å². The van der Waals surface area contributed by atoms with Crippen molar-refractivity contribution in [3.63, 3.8) is 0 Å². The lowest BCUT2D eigenvalue weighted by Gasteiger charge is -2.51. The summed E-state index contributed by atoms with van der Waals surface area (Å²) in [5.41, 5.74) is 3.15. The lowest BCUT2D eigenvalue weighted by Crippen LogP contribution is -2.51. The molecule has 1 aromatic carbocycles. The summed E-state index contributed by atoms with van der Waals surface area (Å²) in [6.45, 7) is 11.6. The number of anilines is 1. The lowest BCUT2D eigenvalue weighted by molar-refractivity contribution is 0.173. The monoisotopic (exact) mass is 203 g/mol. The molecule has 0 fully saturated rings. The van der Waals surface area contributed by atoms with E-state index in [1.807, 2.05) is 0 Å². The van der Waals surface area contributed by atoms with Crippen molar-refractivity contribution in [2.24, 2.45) is 5.41 Å². The van der Waals surface area contributed by atoms with Crippen molar-refractivity contribution in [2.45, 2.75) is 46.1 Å². The maximum atomic E-state index is 3.66. The zero-order valence-electron chi connectivity index (χ0n) is 10.4. The lowest BCUT2D eigenvalue weighted by atomic mass is 9.62. The normalized spacial score (nSPS) is 26.6. The Balaban J connectivity index is 2.56. The Morgan fingerprint density at radius 3 is 2.33 bits per heavy atom. The van der Waals surface area contributed by atoms with Gasteiger partial charge < -0.3 is 5.32 Å². The van der Waals surface area contributed by atoms with E-state index >= 15 is 0 Å². The van der Waals surface area contributed by atoms with Gasteiger partial charge in [0.05, 0.1) is 0 Å². The molecular weight excluding hydrogens is 182 g/mol. The van der Waals surface area contributed by atoms with Gasteiger partial charge in [-0.2, -0.15) is 0 Å². The third-order valence-corrected chi connectivity index (χ3v) is 4.57. The molecule has 0 saturated carbocycles. The first-order chi connectivity index (χ1) is 6.86. The number of fused-ring (bicyclic) bond motifs is 1. The van der Waals surface area contributed by atoms with E-state index in [0.29, 0.717) is 5.92 Å². The van der Waals surface area contributed by atoms with Gasteiger partial charge in [-0.3, -0.25) is 0 Å². The summed E-state index contributed by atoms with van der Waals surface area (Å²) >= 11 is 0. The Morgan fingerprint density at radius 1 is 1.07 bits per heavy atom. The SMILES string of the molecule is CC1c2ccccc2NC(C)(C)C1(C)C. The van der Waals surface area contributed by atoms with Gasteiger partial charge in [-0.05, 0) is 36.8 Å². The first-order valence-electron chi connectivity index (χ1n) is 5.73. The van der Waals surface area contributed by atoms with Gasteiger partial charge in [-0.1, -0.05) is 39.0 Å². The molecule has 82 valence electrons. The minimum atomic E-state index is 0.140. The highest BCUT2D eigenvalue weighted by atomic mass is 15.0. The van der Waals surface area contributed by atoms with E-state index < -0.39 is 0 Å². The van der Waals surface area contributed by atoms with Crippen LogP contribution in [0.1, 0.15) is 46.1 Å². The Labute approximate surface area is 92.9 Å². The molecule has 1 nitrogen and oxygen atoms in total. The van der Waals surface area contributed by atoms with Gasteiger partial charge in [0.2, 0.25) is 0 Å². The van der Waals surface area contributed by atoms with Crippen molar-refractivity contribution in [1.29, 1.82) is 0 Å². The van der Waals surface area contributed by atoms with Gasteiger partial charge in [0.15, 0.2) is 0 Å². The molecule has 0 radical (unpaired) electrons. The quantitative estimate of drug-likeness (QED) is 0.671. The van der Waals surface area contributed by atoms with Crippen LogP contribution in [-0.2, 0) is 0 Å². The minimum Gasteiger partial charge on any atom is -0.379 e. The number of nitrogens with one attached hydrogen (secondary N) is 1. The van der Waals surface area contributed by atoms with E-state index in [9.17, 15) is 0 Å². The van der Waals surface area contributed by atoms with Crippen LogP contribution in [0.15, 0.2) is 24.3 Å². The highest BCUT2D eigenvalue weighted by Gasteiger charge is 2.45. The van der Waals surface area contributed by atoms with Crippen molar-refractivity contribution >= 4 is 5.69 Å². The molecule has 0 bridgehead atoms. The predicted molar refractivity (Wildman–Crippen MR) is 66.3 cm³/mol. The van der Waals surface area contributed by atoms with Crippen molar-refractivity contribution < 1.29 is 0 Å². The summed E-state index contributed by atoms with van der Waals surface area (Å²) in [5, 5.41) is 3.66. The Morgan fingerprint density at radius 2 is 1.67 bits per heavy atom. The second kappa shape index (κ2) is 3.01. The predicted octanol–water partition coefficient (Wildman–Crippen LogP) is 4.02.